The Morgan fingerprint density at radius 1 is 1.25 bits per heavy atom. The van der Waals surface area contributed by atoms with Crippen molar-refractivity contribution < 1.29 is 14.6 Å². The first-order valence-electron chi connectivity index (χ1n) is 9.07. The molecule has 1 saturated carbocycles. The predicted octanol–water partition coefficient (Wildman–Crippen LogP) is 2.26. The standard InChI is InChI=1S/C19H26N2O3/c22-18(23)17-4-2-1-3-14(17)12-21-9-7-19(8-10-21)11-16(13-24-19)20-15-5-6-15/h1-4,15-16,20H,5-13H2,(H,22,23). The van der Waals surface area contributed by atoms with Crippen molar-refractivity contribution in [1.82, 2.24) is 10.2 Å². The number of rotatable bonds is 5. The molecule has 5 heteroatoms. The Morgan fingerprint density at radius 3 is 2.71 bits per heavy atom. The van der Waals surface area contributed by atoms with E-state index in [0.29, 0.717) is 18.2 Å². The molecule has 130 valence electrons. The molecule has 0 radical (unpaired) electrons. The number of piperidine rings is 1. The molecule has 0 bridgehead atoms. The first-order valence-corrected chi connectivity index (χ1v) is 9.07. The monoisotopic (exact) mass is 330 g/mol. The van der Waals surface area contributed by atoms with Gasteiger partial charge in [-0.15, -0.1) is 0 Å². The molecule has 1 atom stereocenters. The van der Waals surface area contributed by atoms with Gasteiger partial charge in [0, 0.05) is 31.7 Å². The molecule has 2 N–H and O–H groups in total. The molecule has 1 aromatic carbocycles. The molecule has 2 saturated heterocycles. The molecule has 2 heterocycles. The quantitative estimate of drug-likeness (QED) is 0.867. The van der Waals surface area contributed by atoms with Crippen LogP contribution >= 0.6 is 0 Å². The minimum atomic E-state index is -0.841. The van der Waals surface area contributed by atoms with Crippen LogP contribution in [-0.4, -0.2) is 53.4 Å². The lowest BCUT2D eigenvalue weighted by Gasteiger charge is -2.38. The number of carboxylic acid groups (broad SMARTS) is 1. The second-order valence-electron chi connectivity index (χ2n) is 7.57. The van der Waals surface area contributed by atoms with E-state index >= 15 is 0 Å². The average Bonchev–Trinajstić information content (AvgIpc) is 3.31. The Morgan fingerprint density at radius 2 is 2.00 bits per heavy atom. The fourth-order valence-corrected chi connectivity index (χ4v) is 4.11. The van der Waals surface area contributed by atoms with Crippen LogP contribution in [0.2, 0.25) is 0 Å². The summed E-state index contributed by atoms with van der Waals surface area (Å²) in [6.07, 6.45) is 5.86. The molecule has 3 aliphatic rings. The number of aromatic carboxylic acids is 1. The van der Waals surface area contributed by atoms with E-state index in [1.807, 2.05) is 12.1 Å². The molecular weight excluding hydrogens is 304 g/mol. The number of nitrogens with zero attached hydrogens (tertiary/aromatic N) is 1. The minimum absolute atomic E-state index is 0.0510. The van der Waals surface area contributed by atoms with E-state index in [1.54, 1.807) is 12.1 Å². The first-order chi connectivity index (χ1) is 11.6. The summed E-state index contributed by atoms with van der Waals surface area (Å²) in [5.41, 5.74) is 1.38. The van der Waals surface area contributed by atoms with Crippen LogP contribution in [0.3, 0.4) is 0 Å². The highest BCUT2D eigenvalue weighted by Crippen LogP contribution is 2.37. The number of nitrogens with one attached hydrogen (secondary N) is 1. The van der Waals surface area contributed by atoms with E-state index in [2.05, 4.69) is 10.2 Å². The van der Waals surface area contributed by atoms with Crippen molar-refractivity contribution in [1.29, 1.82) is 0 Å². The zero-order chi connectivity index (χ0) is 16.6. The van der Waals surface area contributed by atoms with Gasteiger partial charge in [0.1, 0.15) is 0 Å². The fraction of sp³-hybridized carbons (Fsp3) is 0.632. The maximum Gasteiger partial charge on any atom is 0.336 e. The largest absolute Gasteiger partial charge is 0.478 e. The van der Waals surface area contributed by atoms with Gasteiger partial charge in [-0.2, -0.15) is 0 Å². The highest BCUT2D eigenvalue weighted by atomic mass is 16.5. The number of benzene rings is 1. The van der Waals surface area contributed by atoms with Crippen molar-refractivity contribution in [3.8, 4) is 0 Å². The lowest BCUT2D eigenvalue weighted by Crippen LogP contribution is -2.44. The van der Waals surface area contributed by atoms with Crippen molar-refractivity contribution in [2.24, 2.45) is 0 Å². The number of carboxylic acids is 1. The van der Waals surface area contributed by atoms with Gasteiger partial charge in [0.2, 0.25) is 0 Å². The number of likely N-dealkylation sites (tertiary alicyclic amines) is 1. The van der Waals surface area contributed by atoms with Gasteiger partial charge in [0.05, 0.1) is 17.8 Å². The summed E-state index contributed by atoms with van der Waals surface area (Å²) >= 11 is 0. The third kappa shape index (κ3) is 3.48. The molecule has 5 nitrogen and oxygen atoms in total. The summed E-state index contributed by atoms with van der Waals surface area (Å²) in [6, 6.07) is 8.59. The Labute approximate surface area is 143 Å². The van der Waals surface area contributed by atoms with E-state index in [4.69, 9.17) is 4.74 Å². The van der Waals surface area contributed by atoms with Crippen LogP contribution in [0.5, 0.6) is 0 Å². The number of ether oxygens (including phenoxy) is 1. The van der Waals surface area contributed by atoms with Crippen LogP contribution < -0.4 is 5.32 Å². The summed E-state index contributed by atoms with van der Waals surface area (Å²) in [4.78, 5) is 13.7. The molecule has 3 fully saturated rings. The van der Waals surface area contributed by atoms with Gasteiger partial charge in [-0.1, -0.05) is 18.2 Å². The normalized spacial score (nSPS) is 26.8. The van der Waals surface area contributed by atoms with E-state index in [0.717, 1.165) is 50.6 Å². The second-order valence-corrected chi connectivity index (χ2v) is 7.57. The summed E-state index contributed by atoms with van der Waals surface area (Å²) < 4.78 is 6.20. The van der Waals surface area contributed by atoms with Crippen LogP contribution in [0.4, 0.5) is 0 Å². The molecule has 1 unspecified atom stereocenters. The molecule has 1 spiro atoms. The third-order valence-electron chi connectivity index (χ3n) is 5.67. The Balaban J connectivity index is 1.33. The molecular formula is C19H26N2O3. The third-order valence-corrected chi connectivity index (χ3v) is 5.67. The Bertz CT molecular complexity index is 606. The predicted molar refractivity (Wildman–Crippen MR) is 91.2 cm³/mol. The Hall–Kier alpha value is -1.43. The van der Waals surface area contributed by atoms with E-state index in [9.17, 15) is 9.90 Å². The van der Waals surface area contributed by atoms with E-state index in [-0.39, 0.29) is 5.60 Å². The van der Waals surface area contributed by atoms with Crippen molar-refractivity contribution in [2.75, 3.05) is 19.7 Å². The van der Waals surface area contributed by atoms with Crippen molar-refractivity contribution in [2.45, 2.75) is 56.3 Å². The second kappa shape index (κ2) is 6.47. The van der Waals surface area contributed by atoms with Crippen LogP contribution in [0, 0.1) is 0 Å². The summed E-state index contributed by atoms with van der Waals surface area (Å²) in [6.45, 7) is 3.51. The SMILES string of the molecule is O=C(O)c1ccccc1CN1CCC2(CC1)CC(NC1CC1)CO2. The highest BCUT2D eigenvalue weighted by molar-refractivity contribution is 5.89. The lowest BCUT2D eigenvalue weighted by atomic mass is 9.87. The molecule has 2 aliphatic heterocycles. The summed E-state index contributed by atoms with van der Waals surface area (Å²) in [7, 11) is 0. The van der Waals surface area contributed by atoms with E-state index < -0.39 is 5.97 Å². The van der Waals surface area contributed by atoms with Gasteiger partial charge in [0.25, 0.3) is 0 Å². The van der Waals surface area contributed by atoms with Crippen LogP contribution in [0.15, 0.2) is 24.3 Å². The first kappa shape index (κ1) is 16.1. The highest BCUT2D eigenvalue weighted by Gasteiger charge is 2.43. The maximum absolute atomic E-state index is 11.4. The summed E-state index contributed by atoms with van der Waals surface area (Å²) in [5.74, 6) is -0.841. The minimum Gasteiger partial charge on any atom is -0.478 e. The van der Waals surface area contributed by atoms with Crippen LogP contribution in [0.25, 0.3) is 0 Å². The van der Waals surface area contributed by atoms with Crippen LogP contribution in [0.1, 0.15) is 48.0 Å². The van der Waals surface area contributed by atoms with Gasteiger partial charge in [-0.3, -0.25) is 4.90 Å². The van der Waals surface area contributed by atoms with Gasteiger partial charge in [0.15, 0.2) is 0 Å². The van der Waals surface area contributed by atoms with Crippen molar-refractivity contribution in [3.63, 3.8) is 0 Å². The zero-order valence-corrected chi connectivity index (χ0v) is 14.0. The molecule has 1 aliphatic carbocycles. The molecule has 24 heavy (non-hydrogen) atoms. The smallest absolute Gasteiger partial charge is 0.336 e. The summed E-state index contributed by atoms with van der Waals surface area (Å²) in [5, 5.41) is 13.0. The molecule has 1 aromatic rings. The molecule has 0 amide bonds. The number of carbonyl (C=O) groups is 1. The fourth-order valence-electron chi connectivity index (χ4n) is 4.11. The Kier molecular flexibility index (Phi) is 4.33. The molecule has 0 aromatic heterocycles. The van der Waals surface area contributed by atoms with Gasteiger partial charge < -0.3 is 15.2 Å². The number of hydrogen-bond donors (Lipinski definition) is 2. The molecule has 4 rings (SSSR count). The maximum atomic E-state index is 11.4. The van der Waals surface area contributed by atoms with Gasteiger partial charge in [-0.25, -0.2) is 4.79 Å². The lowest BCUT2D eigenvalue weighted by molar-refractivity contribution is -0.0449. The number of hydrogen-bond acceptors (Lipinski definition) is 4. The zero-order valence-electron chi connectivity index (χ0n) is 14.0. The van der Waals surface area contributed by atoms with Gasteiger partial charge in [-0.05, 0) is 43.7 Å². The van der Waals surface area contributed by atoms with Crippen molar-refractivity contribution >= 4 is 5.97 Å². The van der Waals surface area contributed by atoms with Crippen LogP contribution in [-0.2, 0) is 11.3 Å². The van der Waals surface area contributed by atoms with Gasteiger partial charge >= 0.3 is 5.97 Å². The van der Waals surface area contributed by atoms with E-state index in [1.165, 1.54) is 12.8 Å². The topological polar surface area (TPSA) is 61.8 Å². The average molecular weight is 330 g/mol. The van der Waals surface area contributed by atoms with Crippen molar-refractivity contribution in [3.05, 3.63) is 35.4 Å².